The highest BCUT2D eigenvalue weighted by Gasteiger charge is 2.20. The number of hydrogen-bond acceptors (Lipinski definition) is 5. The minimum atomic E-state index is -0.367. The van der Waals surface area contributed by atoms with Crippen molar-refractivity contribution in [1.82, 2.24) is 10.2 Å². The van der Waals surface area contributed by atoms with Gasteiger partial charge >= 0.3 is 0 Å². The van der Waals surface area contributed by atoms with Gasteiger partial charge in [0.1, 0.15) is 0 Å². The summed E-state index contributed by atoms with van der Waals surface area (Å²) in [7, 11) is 1.73. The first-order valence-corrected chi connectivity index (χ1v) is 7.83. The molecule has 20 heavy (non-hydrogen) atoms. The fraction of sp³-hybridized carbons (Fsp3) is 1.00. The van der Waals surface area contributed by atoms with E-state index in [1.807, 2.05) is 13.8 Å². The Morgan fingerprint density at radius 2 is 2.00 bits per heavy atom. The van der Waals surface area contributed by atoms with Gasteiger partial charge in [0.25, 0.3) is 0 Å². The Kier molecular flexibility index (Phi) is 9.39. The van der Waals surface area contributed by atoms with Crippen molar-refractivity contribution in [2.75, 3.05) is 53.0 Å². The van der Waals surface area contributed by atoms with E-state index < -0.39 is 0 Å². The van der Waals surface area contributed by atoms with Gasteiger partial charge in [-0.05, 0) is 52.2 Å². The van der Waals surface area contributed by atoms with Crippen molar-refractivity contribution in [1.29, 1.82) is 0 Å². The molecule has 1 aliphatic heterocycles. The quantitative estimate of drug-likeness (QED) is 0.580. The zero-order valence-corrected chi connectivity index (χ0v) is 13.3. The summed E-state index contributed by atoms with van der Waals surface area (Å²) in [6.07, 6.45) is 2.23. The normalized spacial score (nSPS) is 19.6. The maximum atomic E-state index is 9.92. The largest absolute Gasteiger partial charge is 0.389 e. The van der Waals surface area contributed by atoms with Crippen molar-refractivity contribution in [2.24, 2.45) is 5.92 Å². The Morgan fingerprint density at radius 1 is 1.30 bits per heavy atom. The third-order valence-corrected chi connectivity index (χ3v) is 3.71. The maximum absolute atomic E-state index is 9.92. The molecule has 0 radical (unpaired) electrons. The van der Waals surface area contributed by atoms with Crippen molar-refractivity contribution >= 4 is 0 Å². The number of likely N-dealkylation sites (tertiary alicyclic amines) is 1. The van der Waals surface area contributed by atoms with E-state index in [-0.39, 0.29) is 12.2 Å². The van der Waals surface area contributed by atoms with Crippen LogP contribution >= 0.6 is 0 Å². The third-order valence-electron chi connectivity index (χ3n) is 3.71. The second-order valence-electron chi connectivity index (χ2n) is 5.98. The molecule has 0 bridgehead atoms. The highest BCUT2D eigenvalue weighted by atomic mass is 16.5. The van der Waals surface area contributed by atoms with E-state index >= 15 is 0 Å². The molecule has 1 aliphatic rings. The lowest BCUT2D eigenvalue weighted by Gasteiger charge is -2.33. The molecule has 1 rings (SSSR count). The Hall–Kier alpha value is -0.200. The molecule has 1 atom stereocenters. The number of ether oxygens (including phenoxy) is 2. The molecule has 0 amide bonds. The van der Waals surface area contributed by atoms with Crippen LogP contribution in [0.5, 0.6) is 0 Å². The van der Waals surface area contributed by atoms with Crippen LogP contribution in [-0.2, 0) is 9.47 Å². The van der Waals surface area contributed by atoms with E-state index in [0.29, 0.717) is 6.61 Å². The molecule has 1 heterocycles. The Balaban J connectivity index is 2.06. The van der Waals surface area contributed by atoms with Gasteiger partial charge in [-0.2, -0.15) is 0 Å². The van der Waals surface area contributed by atoms with Gasteiger partial charge in [0.2, 0.25) is 0 Å². The van der Waals surface area contributed by atoms with Gasteiger partial charge in [-0.3, -0.25) is 0 Å². The maximum Gasteiger partial charge on any atom is 0.0900 e. The predicted molar refractivity (Wildman–Crippen MR) is 81.0 cm³/mol. The van der Waals surface area contributed by atoms with Crippen molar-refractivity contribution < 1.29 is 14.6 Å². The Bertz CT molecular complexity index is 231. The molecule has 5 nitrogen and oxygen atoms in total. The Labute approximate surface area is 123 Å². The molecular weight excluding hydrogens is 256 g/mol. The lowest BCUT2D eigenvalue weighted by atomic mass is 9.96. The van der Waals surface area contributed by atoms with Crippen molar-refractivity contribution in [3.63, 3.8) is 0 Å². The van der Waals surface area contributed by atoms with Crippen molar-refractivity contribution in [2.45, 2.75) is 38.9 Å². The molecule has 0 aromatic heterocycles. The molecule has 0 aromatic rings. The standard InChI is InChI=1S/C15H32N2O3/c1-13(2)20-12-15(18)11-17-7-4-14(5-8-17)10-16-6-9-19-3/h13-16,18H,4-12H2,1-3H3. The third kappa shape index (κ3) is 8.17. The topological polar surface area (TPSA) is 54.0 Å². The van der Waals surface area contributed by atoms with Crippen LogP contribution in [0.4, 0.5) is 0 Å². The number of nitrogens with zero attached hydrogens (tertiary/aromatic N) is 1. The molecule has 0 saturated carbocycles. The van der Waals surface area contributed by atoms with E-state index in [9.17, 15) is 5.11 Å². The van der Waals surface area contributed by atoms with Gasteiger partial charge in [0.15, 0.2) is 0 Å². The van der Waals surface area contributed by atoms with E-state index in [1.165, 1.54) is 12.8 Å². The second-order valence-corrected chi connectivity index (χ2v) is 5.98. The summed E-state index contributed by atoms with van der Waals surface area (Å²) in [4.78, 5) is 2.35. The zero-order valence-electron chi connectivity index (χ0n) is 13.3. The number of hydrogen-bond donors (Lipinski definition) is 2. The van der Waals surface area contributed by atoms with Crippen LogP contribution in [-0.4, -0.2) is 75.3 Å². The van der Waals surface area contributed by atoms with Gasteiger partial charge in [-0.15, -0.1) is 0 Å². The van der Waals surface area contributed by atoms with Crippen molar-refractivity contribution in [3.05, 3.63) is 0 Å². The number of aliphatic hydroxyl groups excluding tert-OH is 1. The lowest BCUT2D eigenvalue weighted by molar-refractivity contribution is -0.0124. The molecule has 5 heteroatoms. The van der Waals surface area contributed by atoms with Gasteiger partial charge < -0.3 is 24.8 Å². The van der Waals surface area contributed by atoms with Crippen LogP contribution in [0.25, 0.3) is 0 Å². The Morgan fingerprint density at radius 3 is 2.60 bits per heavy atom. The fourth-order valence-electron chi connectivity index (χ4n) is 2.51. The van der Waals surface area contributed by atoms with Gasteiger partial charge in [-0.25, -0.2) is 0 Å². The highest BCUT2D eigenvalue weighted by Crippen LogP contribution is 2.16. The van der Waals surface area contributed by atoms with Crippen LogP contribution in [0.3, 0.4) is 0 Å². The van der Waals surface area contributed by atoms with Gasteiger partial charge in [0.05, 0.1) is 25.4 Å². The number of aliphatic hydroxyl groups is 1. The first kappa shape index (κ1) is 17.9. The fourth-order valence-corrected chi connectivity index (χ4v) is 2.51. The van der Waals surface area contributed by atoms with E-state index in [0.717, 1.165) is 45.2 Å². The second kappa shape index (κ2) is 10.5. The molecular formula is C15H32N2O3. The molecule has 1 saturated heterocycles. The minimum Gasteiger partial charge on any atom is -0.389 e. The predicted octanol–water partition coefficient (Wildman–Crippen LogP) is 0.720. The van der Waals surface area contributed by atoms with Crippen LogP contribution in [0.1, 0.15) is 26.7 Å². The molecule has 2 N–H and O–H groups in total. The minimum absolute atomic E-state index is 0.188. The van der Waals surface area contributed by atoms with Gasteiger partial charge in [0, 0.05) is 20.2 Å². The average molecular weight is 288 g/mol. The monoisotopic (exact) mass is 288 g/mol. The summed E-state index contributed by atoms with van der Waals surface area (Å²) >= 11 is 0. The number of rotatable bonds is 10. The van der Waals surface area contributed by atoms with Gasteiger partial charge in [-0.1, -0.05) is 0 Å². The van der Waals surface area contributed by atoms with Crippen LogP contribution in [0.2, 0.25) is 0 Å². The number of β-amino-alcohol motifs (C(OH)–C–C–N with tert-alkyl or cyclic N) is 1. The highest BCUT2D eigenvalue weighted by molar-refractivity contribution is 4.75. The summed E-state index contributed by atoms with van der Waals surface area (Å²) in [5, 5.41) is 13.4. The molecule has 120 valence electrons. The molecule has 1 fully saturated rings. The number of methoxy groups -OCH3 is 1. The van der Waals surface area contributed by atoms with Crippen LogP contribution in [0, 0.1) is 5.92 Å². The van der Waals surface area contributed by atoms with Crippen molar-refractivity contribution in [3.8, 4) is 0 Å². The first-order valence-electron chi connectivity index (χ1n) is 7.83. The van der Waals surface area contributed by atoms with E-state index in [4.69, 9.17) is 9.47 Å². The summed E-state index contributed by atoms with van der Waals surface area (Å²) in [6.45, 7) is 10.1. The number of nitrogens with one attached hydrogen (secondary N) is 1. The summed E-state index contributed by atoms with van der Waals surface area (Å²) < 4.78 is 10.5. The molecule has 1 unspecified atom stereocenters. The first-order chi connectivity index (χ1) is 9.61. The zero-order chi connectivity index (χ0) is 14.8. The number of piperidine rings is 1. The summed E-state index contributed by atoms with van der Waals surface area (Å²) in [5.41, 5.74) is 0. The lowest BCUT2D eigenvalue weighted by Crippen LogP contribution is -2.42. The van der Waals surface area contributed by atoms with Crippen LogP contribution in [0.15, 0.2) is 0 Å². The molecule has 0 aliphatic carbocycles. The SMILES string of the molecule is COCCNCC1CCN(CC(O)COC(C)C)CC1. The average Bonchev–Trinajstić information content (AvgIpc) is 2.43. The van der Waals surface area contributed by atoms with Crippen LogP contribution < -0.4 is 5.32 Å². The summed E-state index contributed by atoms with van der Waals surface area (Å²) in [5.74, 6) is 0.757. The molecule has 0 aromatic carbocycles. The van der Waals surface area contributed by atoms with E-state index in [2.05, 4.69) is 10.2 Å². The smallest absolute Gasteiger partial charge is 0.0900 e. The van der Waals surface area contributed by atoms with E-state index in [1.54, 1.807) is 7.11 Å². The molecule has 0 spiro atoms. The summed E-state index contributed by atoms with van der Waals surface area (Å²) in [6, 6.07) is 0.